The van der Waals surface area contributed by atoms with Gasteiger partial charge in [0.15, 0.2) is 0 Å². The van der Waals surface area contributed by atoms with E-state index in [0.717, 1.165) is 21.5 Å². The van der Waals surface area contributed by atoms with Crippen LogP contribution < -0.4 is 4.74 Å². The molecule has 0 saturated carbocycles. The van der Waals surface area contributed by atoms with Crippen molar-refractivity contribution in [2.45, 2.75) is 13.8 Å². The van der Waals surface area contributed by atoms with Crippen molar-refractivity contribution in [3.05, 3.63) is 57.6 Å². The maximum absolute atomic E-state index is 5.20. The van der Waals surface area contributed by atoms with Gasteiger partial charge in [0.25, 0.3) is 0 Å². The van der Waals surface area contributed by atoms with E-state index in [1.807, 2.05) is 30.5 Å². The van der Waals surface area contributed by atoms with Gasteiger partial charge in [0.2, 0.25) is 0 Å². The Morgan fingerprint density at radius 1 is 1.11 bits per heavy atom. The maximum atomic E-state index is 5.20. The summed E-state index contributed by atoms with van der Waals surface area (Å²) >= 11 is 3.47. The van der Waals surface area contributed by atoms with Crippen molar-refractivity contribution in [1.29, 1.82) is 0 Å². The lowest BCUT2D eigenvalue weighted by molar-refractivity contribution is 0.412. The topological polar surface area (TPSA) is 21.6 Å². The number of rotatable bonds is 3. The van der Waals surface area contributed by atoms with Crippen molar-refractivity contribution in [2.24, 2.45) is 4.99 Å². The summed E-state index contributed by atoms with van der Waals surface area (Å²) in [5, 5.41) is 0. The average Bonchev–Trinajstić information content (AvgIpc) is 2.38. The van der Waals surface area contributed by atoms with Crippen molar-refractivity contribution in [3.8, 4) is 5.75 Å². The first kappa shape index (κ1) is 13.8. The van der Waals surface area contributed by atoms with E-state index in [9.17, 15) is 0 Å². The first-order chi connectivity index (χ1) is 9.10. The third-order valence-electron chi connectivity index (χ3n) is 2.88. The summed E-state index contributed by atoms with van der Waals surface area (Å²) in [5.41, 5.74) is 4.47. The van der Waals surface area contributed by atoms with Crippen LogP contribution in [0.5, 0.6) is 5.75 Å². The molecule has 0 N–H and O–H groups in total. The standard InChI is InChI=1S/C16H16BrNO/c1-11-4-6-15(12(2)8-11)18-10-13-5-7-16(19-3)14(17)9-13/h4-10H,1-3H3. The van der Waals surface area contributed by atoms with Crippen LogP contribution in [0, 0.1) is 13.8 Å². The molecule has 0 aliphatic carbocycles. The molecular weight excluding hydrogens is 302 g/mol. The first-order valence-corrected chi connectivity index (χ1v) is 6.84. The lowest BCUT2D eigenvalue weighted by Crippen LogP contribution is -1.87. The van der Waals surface area contributed by atoms with Gasteiger partial charge in [-0.15, -0.1) is 0 Å². The number of nitrogens with zero attached hydrogens (tertiary/aromatic N) is 1. The number of aryl methyl sites for hydroxylation is 2. The van der Waals surface area contributed by atoms with Gasteiger partial charge < -0.3 is 4.74 Å². The Hall–Kier alpha value is -1.61. The molecule has 0 aliphatic rings. The molecule has 2 nitrogen and oxygen atoms in total. The van der Waals surface area contributed by atoms with E-state index in [1.54, 1.807) is 7.11 Å². The van der Waals surface area contributed by atoms with Gasteiger partial charge in [-0.1, -0.05) is 17.7 Å². The van der Waals surface area contributed by atoms with E-state index >= 15 is 0 Å². The third kappa shape index (κ3) is 3.44. The molecule has 0 aromatic heterocycles. The zero-order chi connectivity index (χ0) is 13.8. The number of ether oxygens (including phenoxy) is 1. The predicted molar refractivity (Wildman–Crippen MR) is 83.9 cm³/mol. The molecule has 2 aromatic rings. The summed E-state index contributed by atoms with van der Waals surface area (Å²) in [5.74, 6) is 0.823. The second-order valence-electron chi connectivity index (χ2n) is 4.44. The summed E-state index contributed by atoms with van der Waals surface area (Å²) in [6.45, 7) is 4.16. The Morgan fingerprint density at radius 2 is 1.89 bits per heavy atom. The summed E-state index contributed by atoms with van der Waals surface area (Å²) in [7, 11) is 1.66. The van der Waals surface area contributed by atoms with E-state index in [4.69, 9.17) is 4.74 Å². The molecule has 0 bridgehead atoms. The molecule has 0 unspecified atom stereocenters. The lowest BCUT2D eigenvalue weighted by atomic mass is 10.1. The number of hydrogen-bond donors (Lipinski definition) is 0. The summed E-state index contributed by atoms with van der Waals surface area (Å²) in [6, 6.07) is 12.1. The van der Waals surface area contributed by atoms with E-state index in [0.29, 0.717) is 0 Å². The minimum Gasteiger partial charge on any atom is -0.496 e. The zero-order valence-corrected chi connectivity index (χ0v) is 12.9. The van der Waals surface area contributed by atoms with Crippen LogP contribution in [-0.4, -0.2) is 13.3 Å². The van der Waals surface area contributed by atoms with Gasteiger partial charge in [0.1, 0.15) is 5.75 Å². The number of methoxy groups -OCH3 is 1. The fourth-order valence-corrected chi connectivity index (χ4v) is 2.42. The van der Waals surface area contributed by atoms with Crippen molar-refractivity contribution in [1.82, 2.24) is 0 Å². The molecule has 0 amide bonds. The van der Waals surface area contributed by atoms with Crippen LogP contribution in [0.4, 0.5) is 5.69 Å². The van der Waals surface area contributed by atoms with Gasteiger partial charge in [-0.3, -0.25) is 4.99 Å². The van der Waals surface area contributed by atoms with Gasteiger partial charge in [-0.25, -0.2) is 0 Å². The molecular formula is C16H16BrNO. The number of aliphatic imine (C=N–C) groups is 1. The van der Waals surface area contributed by atoms with Crippen molar-refractivity contribution in [2.75, 3.05) is 7.11 Å². The van der Waals surface area contributed by atoms with Crippen LogP contribution in [-0.2, 0) is 0 Å². The fourth-order valence-electron chi connectivity index (χ4n) is 1.86. The average molecular weight is 318 g/mol. The van der Waals surface area contributed by atoms with Crippen molar-refractivity contribution < 1.29 is 4.74 Å². The minimum absolute atomic E-state index is 0.823. The maximum Gasteiger partial charge on any atom is 0.133 e. The Kier molecular flexibility index (Phi) is 4.38. The van der Waals surface area contributed by atoms with Gasteiger partial charge in [0.05, 0.1) is 17.3 Å². The first-order valence-electron chi connectivity index (χ1n) is 6.05. The Balaban J connectivity index is 2.25. The zero-order valence-electron chi connectivity index (χ0n) is 11.3. The summed E-state index contributed by atoms with van der Waals surface area (Å²) in [4.78, 5) is 4.53. The summed E-state index contributed by atoms with van der Waals surface area (Å²) < 4.78 is 6.13. The molecule has 19 heavy (non-hydrogen) atoms. The number of halogens is 1. The van der Waals surface area contributed by atoms with Crippen LogP contribution >= 0.6 is 15.9 Å². The van der Waals surface area contributed by atoms with Gasteiger partial charge >= 0.3 is 0 Å². The number of benzene rings is 2. The van der Waals surface area contributed by atoms with Crippen LogP contribution in [0.15, 0.2) is 45.9 Å². The molecule has 2 rings (SSSR count). The second kappa shape index (κ2) is 6.02. The van der Waals surface area contributed by atoms with E-state index in [1.165, 1.54) is 11.1 Å². The van der Waals surface area contributed by atoms with Crippen LogP contribution in [0.1, 0.15) is 16.7 Å². The minimum atomic E-state index is 0.823. The van der Waals surface area contributed by atoms with Crippen LogP contribution in [0.25, 0.3) is 0 Å². The number of hydrogen-bond acceptors (Lipinski definition) is 2. The van der Waals surface area contributed by atoms with Gasteiger partial charge in [0, 0.05) is 6.21 Å². The van der Waals surface area contributed by atoms with Crippen molar-refractivity contribution >= 4 is 27.8 Å². The predicted octanol–water partition coefficient (Wildman–Crippen LogP) is 4.83. The SMILES string of the molecule is COc1ccc(C=Nc2ccc(C)cc2C)cc1Br. The monoisotopic (exact) mass is 317 g/mol. The highest BCUT2D eigenvalue weighted by Crippen LogP contribution is 2.25. The van der Waals surface area contributed by atoms with E-state index in [2.05, 4.69) is 46.9 Å². The van der Waals surface area contributed by atoms with Crippen LogP contribution in [0.2, 0.25) is 0 Å². The molecule has 0 fully saturated rings. The highest BCUT2D eigenvalue weighted by atomic mass is 79.9. The third-order valence-corrected chi connectivity index (χ3v) is 3.50. The van der Waals surface area contributed by atoms with E-state index < -0.39 is 0 Å². The van der Waals surface area contributed by atoms with E-state index in [-0.39, 0.29) is 0 Å². The molecule has 2 aromatic carbocycles. The molecule has 0 atom stereocenters. The quantitative estimate of drug-likeness (QED) is 0.743. The molecule has 0 aliphatic heterocycles. The van der Waals surface area contributed by atoms with Gasteiger partial charge in [-0.2, -0.15) is 0 Å². The van der Waals surface area contributed by atoms with Gasteiger partial charge in [-0.05, 0) is 65.2 Å². The van der Waals surface area contributed by atoms with Crippen molar-refractivity contribution in [3.63, 3.8) is 0 Å². The molecule has 3 heteroatoms. The largest absolute Gasteiger partial charge is 0.496 e. The Morgan fingerprint density at radius 3 is 2.53 bits per heavy atom. The molecule has 0 radical (unpaired) electrons. The normalized spacial score (nSPS) is 10.9. The molecule has 0 spiro atoms. The lowest BCUT2D eigenvalue weighted by Gasteiger charge is -2.04. The summed E-state index contributed by atoms with van der Waals surface area (Å²) in [6.07, 6.45) is 1.86. The Bertz CT molecular complexity index is 620. The fraction of sp³-hybridized carbons (Fsp3) is 0.188. The molecule has 0 saturated heterocycles. The van der Waals surface area contributed by atoms with Crippen LogP contribution in [0.3, 0.4) is 0 Å². The smallest absolute Gasteiger partial charge is 0.133 e. The highest BCUT2D eigenvalue weighted by molar-refractivity contribution is 9.10. The Labute approximate surface area is 122 Å². The highest BCUT2D eigenvalue weighted by Gasteiger charge is 2.00. The second-order valence-corrected chi connectivity index (χ2v) is 5.30. The molecule has 98 valence electrons. The molecule has 0 heterocycles.